The minimum Gasteiger partial charge on any atom is -0.340 e. The van der Waals surface area contributed by atoms with Gasteiger partial charge in [-0.2, -0.15) is 0 Å². The Kier molecular flexibility index (Phi) is 2.99. The predicted octanol–water partition coefficient (Wildman–Crippen LogP) is 1.25. The van der Waals surface area contributed by atoms with Crippen molar-refractivity contribution in [3.63, 3.8) is 0 Å². The van der Waals surface area contributed by atoms with Gasteiger partial charge in [0.1, 0.15) is 0 Å². The number of likely N-dealkylation sites (N-methyl/N-ethyl adjacent to an activating group) is 1. The van der Waals surface area contributed by atoms with Gasteiger partial charge in [0.05, 0.1) is 4.87 Å². The van der Waals surface area contributed by atoms with Gasteiger partial charge in [-0.3, -0.25) is 9.69 Å². The van der Waals surface area contributed by atoms with E-state index < -0.39 is 0 Å². The average Bonchev–Trinajstić information content (AvgIpc) is 2.76. The van der Waals surface area contributed by atoms with Crippen LogP contribution in [0.1, 0.15) is 20.3 Å². The van der Waals surface area contributed by atoms with Crippen LogP contribution >= 0.6 is 11.8 Å². The van der Waals surface area contributed by atoms with Crippen molar-refractivity contribution in [1.82, 2.24) is 9.80 Å². The van der Waals surface area contributed by atoms with Crippen LogP contribution in [0.15, 0.2) is 0 Å². The molecule has 2 aliphatic heterocycles. The van der Waals surface area contributed by atoms with Crippen LogP contribution in [0.3, 0.4) is 0 Å². The predicted molar refractivity (Wildman–Crippen MR) is 63.9 cm³/mol. The molecule has 86 valence electrons. The zero-order valence-electron chi connectivity index (χ0n) is 9.82. The summed E-state index contributed by atoms with van der Waals surface area (Å²) in [6.45, 7) is 6.99. The van der Waals surface area contributed by atoms with E-state index >= 15 is 0 Å². The fourth-order valence-corrected chi connectivity index (χ4v) is 3.97. The van der Waals surface area contributed by atoms with Crippen molar-refractivity contribution in [3.8, 4) is 0 Å². The first kappa shape index (κ1) is 11.3. The summed E-state index contributed by atoms with van der Waals surface area (Å²) in [6.07, 6.45) is 1.13. The Morgan fingerprint density at radius 3 is 2.67 bits per heavy atom. The van der Waals surface area contributed by atoms with Crippen LogP contribution in [0.25, 0.3) is 0 Å². The van der Waals surface area contributed by atoms with E-state index in [4.69, 9.17) is 0 Å². The standard InChI is InChI=1S/C11H20N2OS/c1-9(2)10(14)13-5-4-11(8-13)12(3)6-7-15-11/h9H,4-8H2,1-3H3. The van der Waals surface area contributed by atoms with Crippen molar-refractivity contribution in [2.75, 3.05) is 32.4 Å². The Balaban J connectivity index is 2.03. The van der Waals surface area contributed by atoms with Gasteiger partial charge in [0.25, 0.3) is 0 Å². The fourth-order valence-electron chi connectivity index (χ4n) is 2.44. The van der Waals surface area contributed by atoms with E-state index in [2.05, 4.69) is 11.9 Å². The molecule has 3 nitrogen and oxygen atoms in total. The third-order valence-corrected chi connectivity index (χ3v) is 5.08. The summed E-state index contributed by atoms with van der Waals surface area (Å²) < 4.78 is 0. The lowest BCUT2D eigenvalue weighted by Crippen LogP contribution is -2.43. The molecule has 0 aliphatic carbocycles. The van der Waals surface area contributed by atoms with Crippen LogP contribution < -0.4 is 0 Å². The first-order valence-corrected chi connectivity index (χ1v) is 6.68. The van der Waals surface area contributed by atoms with E-state index in [1.807, 2.05) is 30.5 Å². The van der Waals surface area contributed by atoms with Crippen LogP contribution in [0, 0.1) is 5.92 Å². The molecule has 4 heteroatoms. The van der Waals surface area contributed by atoms with E-state index in [0.717, 1.165) is 26.1 Å². The van der Waals surface area contributed by atoms with Crippen molar-refractivity contribution in [2.45, 2.75) is 25.1 Å². The molecule has 2 heterocycles. The summed E-state index contributed by atoms with van der Waals surface area (Å²) >= 11 is 2.03. The summed E-state index contributed by atoms with van der Waals surface area (Å²) in [5.74, 6) is 1.66. The van der Waals surface area contributed by atoms with Gasteiger partial charge in [0.15, 0.2) is 0 Å². The third kappa shape index (κ3) is 1.89. The van der Waals surface area contributed by atoms with Crippen LogP contribution in [0.5, 0.6) is 0 Å². The Morgan fingerprint density at radius 1 is 1.40 bits per heavy atom. The Bertz CT molecular complexity index is 269. The Hall–Kier alpha value is -0.220. The van der Waals surface area contributed by atoms with Crippen LogP contribution in [0.4, 0.5) is 0 Å². The molecule has 0 aromatic rings. The number of thioether (sulfide) groups is 1. The molecule has 0 radical (unpaired) electrons. The molecule has 0 aromatic carbocycles. The molecule has 0 N–H and O–H groups in total. The maximum absolute atomic E-state index is 11.9. The van der Waals surface area contributed by atoms with Crippen molar-refractivity contribution in [1.29, 1.82) is 0 Å². The topological polar surface area (TPSA) is 23.6 Å². The van der Waals surface area contributed by atoms with Gasteiger partial charge >= 0.3 is 0 Å². The summed E-state index contributed by atoms with van der Waals surface area (Å²) in [4.78, 5) is 16.6. The van der Waals surface area contributed by atoms with Gasteiger partial charge in [-0.05, 0) is 13.5 Å². The third-order valence-electron chi connectivity index (χ3n) is 3.51. The molecule has 1 amide bonds. The van der Waals surface area contributed by atoms with Crippen LogP contribution in [0.2, 0.25) is 0 Å². The minimum absolute atomic E-state index is 0.136. The SMILES string of the molecule is CC(C)C(=O)N1CCC2(C1)SCCN2C. The van der Waals surface area contributed by atoms with Gasteiger partial charge in [0, 0.05) is 31.3 Å². The molecule has 1 spiro atoms. The van der Waals surface area contributed by atoms with Crippen molar-refractivity contribution in [2.24, 2.45) is 5.92 Å². The normalized spacial score (nSPS) is 32.1. The van der Waals surface area contributed by atoms with Crippen molar-refractivity contribution >= 4 is 17.7 Å². The fraction of sp³-hybridized carbons (Fsp3) is 0.909. The number of hydrogen-bond donors (Lipinski definition) is 0. The molecule has 2 rings (SSSR count). The molecular formula is C11H20N2OS. The highest BCUT2D eigenvalue weighted by Crippen LogP contribution is 2.42. The van der Waals surface area contributed by atoms with Crippen molar-refractivity contribution in [3.05, 3.63) is 0 Å². The summed E-state index contributed by atoms with van der Waals surface area (Å²) in [7, 11) is 2.18. The highest BCUT2D eigenvalue weighted by molar-refractivity contribution is 8.00. The molecule has 0 aromatic heterocycles. The second-order valence-electron chi connectivity index (χ2n) is 4.88. The quantitative estimate of drug-likeness (QED) is 0.675. The molecule has 15 heavy (non-hydrogen) atoms. The molecule has 0 bridgehead atoms. The zero-order chi connectivity index (χ0) is 11.1. The molecule has 1 atom stereocenters. The smallest absolute Gasteiger partial charge is 0.225 e. The highest BCUT2D eigenvalue weighted by atomic mass is 32.2. The summed E-state index contributed by atoms with van der Waals surface area (Å²) in [5, 5.41) is 0. The van der Waals surface area contributed by atoms with Gasteiger partial charge in [-0.1, -0.05) is 13.8 Å². The monoisotopic (exact) mass is 228 g/mol. The lowest BCUT2D eigenvalue weighted by molar-refractivity contribution is -0.133. The molecule has 2 saturated heterocycles. The van der Waals surface area contributed by atoms with E-state index in [1.54, 1.807) is 0 Å². The number of rotatable bonds is 1. The second kappa shape index (κ2) is 3.98. The number of likely N-dealkylation sites (tertiary alicyclic amines) is 1. The van der Waals surface area contributed by atoms with Crippen LogP contribution in [-0.2, 0) is 4.79 Å². The second-order valence-corrected chi connectivity index (χ2v) is 6.34. The molecule has 2 fully saturated rings. The summed E-state index contributed by atoms with van der Waals surface area (Å²) in [6, 6.07) is 0. The van der Waals surface area contributed by atoms with E-state index in [-0.39, 0.29) is 10.8 Å². The van der Waals surface area contributed by atoms with Gasteiger partial charge < -0.3 is 4.90 Å². The maximum atomic E-state index is 11.9. The maximum Gasteiger partial charge on any atom is 0.225 e. The zero-order valence-corrected chi connectivity index (χ0v) is 10.6. The van der Waals surface area contributed by atoms with Crippen molar-refractivity contribution < 1.29 is 4.79 Å². The van der Waals surface area contributed by atoms with E-state index in [0.29, 0.717) is 5.91 Å². The Labute approximate surface area is 96.2 Å². The molecular weight excluding hydrogens is 208 g/mol. The average molecular weight is 228 g/mol. The highest BCUT2D eigenvalue weighted by Gasteiger charge is 2.46. The molecule has 0 saturated carbocycles. The van der Waals surface area contributed by atoms with Crippen LogP contribution in [-0.4, -0.2) is 53.0 Å². The van der Waals surface area contributed by atoms with E-state index in [9.17, 15) is 4.79 Å². The van der Waals surface area contributed by atoms with E-state index in [1.165, 1.54) is 5.75 Å². The number of nitrogens with zero attached hydrogens (tertiary/aromatic N) is 2. The number of hydrogen-bond acceptors (Lipinski definition) is 3. The lowest BCUT2D eigenvalue weighted by Gasteiger charge is -2.31. The number of carbonyl (C=O) groups excluding carboxylic acids is 1. The summed E-state index contributed by atoms with van der Waals surface area (Å²) in [5.41, 5.74) is 0. The number of amides is 1. The first-order valence-electron chi connectivity index (χ1n) is 5.69. The van der Waals surface area contributed by atoms with Gasteiger partial charge in [-0.15, -0.1) is 11.8 Å². The minimum atomic E-state index is 0.136. The van der Waals surface area contributed by atoms with Gasteiger partial charge in [-0.25, -0.2) is 0 Å². The Morgan fingerprint density at radius 2 is 2.13 bits per heavy atom. The largest absolute Gasteiger partial charge is 0.340 e. The first-order chi connectivity index (χ1) is 7.05. The molecule has 2 aliphatic rings. The van der Waals surface area contributed by atoms with Gasteiger partial charge in [0.2, 0.25) is 5.91 Å². The lowest BCUT2D eigenvalue weighted by atomic mass is 10.2. The molecule has 1 unspecified atom stereocenters. The number of carbonyl (C=O) groups is 1.